The smallest absolute Gasteiger partial charge is 0.118 e. The number of nitrogens with zero attached hydrogens (tertiary/aromatic N) is 4. The van der Waals surface area contributed by atoms with Crippen molar-refractivity contribution in [3.8, 4) is 6.07 Å². The fraction of sp³-hybridized carbons (Fsp3) is 0.594. The second-order valence-corrected chi connectivity index (χ2v) is 11.7. The molecule has 0 amide bonds. The number of likely N-dealkylation sites (tertiary alicyclic amines) is 2. The van der Waals surface area contributed by atoms with Gasteiger partial charge in [0.1, 0.15) is 5.82 Å². The van der Waals surface area contributed by atoms with E-state index in [1.807, 2.05) is 0 Å². The first kappa shape index (κ1) is 25.7. The van der Waals surface area contributed by atoms with E-state index in [0.29, 0.717) is 12.1 Å². The molecule has 5 heterocycles. The van der Waals surface area contributed by atoms with Crippen LogP contribution in [0, 0.1) is 24.2 Å². The Labute approximate surface area is 228 Å². The van der Waals surface area contributed by atoms with Crippen molar-refractivity contribution in [1.82, 2.24) is 15.1 Å². The van der Waals surface area contributed by atoms with Gasteiger partial charge in [0, 0.05) is 69.1 Å². The third kappa shape index (κ3) is 5.04. The van der Waals surface area contributed by atoms with Gasteiger partial charge in [0.15, 0.2) is 0 Å². The maximum absolute atomic E-state index is 9.62. The molecule has 5 aliphatic heterocycles. The zero-order valence-electron chi connectivity index (χ0n) is 23.2. The Bertz CT molecular complexity index is 1160. The minimum Gasteiger partial charge on any atom is -0.377 e. The molecule has 2 atom stereocenters. The number of aryl methyl sites for hydroxylation is 1. The lowest BCUT2D eigenvalue weighted by Gasteiger charge is -2.48. The molecular formula is C32H43N5O. The molecule has 0 spiro atoms. The number of rotatable bonds is 7. The molecule has 2 unspecified atom stereocenters. The van der Waals surface area contributed by atoms with Crippen molar-refractivity contribution in [3.63, 3.8) is 0 Å². The molecule has 0 aromatic heterocycles. The molecule has 1 aromatic rings. The Morgan fingerprint density at radius 3 is 2.63 bits per heavy atom. The van der Waals surface area contributed by atoms with Gasteiger partial charge in [0.25, 0.3) is 0 Å². The number of anilines is 1. The number of para-hydroxylation sites is 1. The molecule has 6 nitrogen and oxygen atoms in total. The average molecular weight is 514 g/mol. The molecule has 1 N–H and O–H groups in total. The Morgan fingerprint density at radius 2 is 1.95 bits per heavy atom. The zero-order chi connectivity index (χ0) is 26.1. The Kier molecular flexibility index (Phi) is 7.61. The average Bonchev–Trinajstić information content (AvgIpc) is 3.66. The first-order valence-electron chi connectivity index (χ1n) is 14.9. The highest BCUT2D eigenvalue weighted by atomic mass is 16.5. The number of nitriles is 1. The summed E-state index contributed by atoms with van der Waals surface area (Å²) in [5.41, 5.74) is 8.59. The van der Waals surface area contributed by atoms with E-state index in [-0.39, 0.29) is 5.92 Å². The van der Waals surface area contributed by atoms with Crippen LogP contribution in [-0.2, 0) is 4.74 Å². The Morgan fingerprint density at radius 1 is 1.13 bits per heavy atom. The second kappa shape index (κ2) is 11.3. The lowest BCUT2D eigenvalue weighted by Crippen LogP contribution is -2.48. The Hall–Kier alpha value is -2.59. The quantitative estimate of drug-likeness (QED) is 0.512. The van der Waals surface area contributed by atoms with Crippen molar-refractivity contribution in [2.45, 2.75) is 70.9 Å². The van der Waals surface area contributed by atoms with Crippen LogP contribution in [0.2, 0.25) is 0 Å². The minimum absolute atomic E-state index is 0.172. The fourth-order valence-corrected chi connectivity index (χ4v) is 6.82. The van der Waals surface area contributed by atoms with E-state index in [1.165, 1.54) is 46.8 Å². The molecule has 0 aliphatic carbocycles. The van der Waals surface area contributed by atoms with Crippen LogP contribution in [0.5, 0.6) is 0 Å². The van der Waals surface area contributed by atoms with E-state index in [0.717, 1.165) is 78.0 Å². The standard InChI is InChI=1S/C32H43N5O/c1-3-4-10-30-31(28-20-34-28)26-14-15-35(21-25-9-7-18-38-25)22-27(26)32(36-16-12-24(19-33)13-17-36)37(30)29-11-6-5-8-23(29)2/h5-6,8,10-11,24-25,28,34H,3-4,7,9,12-18,20-22H2,1-2H3/b30-10+. The van der Waals surface area contributed by atoms with E-state index in [9.17, 15) is 5.26 Å². The molecule has 0 radical (unpaired) electrons. The van der Waals surface area contributed by atoms with Gasteiger partial charge in [-0.15, -0.1) is 0 Å². The van der Waals surface area contributed by atoms with Crippen LogP contribution >= 0.6 is 0 Å². The SMILES string of the molecule is CCC/C=C1\C(C2CN2)=C2CCN(CC3CCCO3)CC2=C(N2CCC(C#N)CC2)N1c1ccccc1C. The summed E-state index contributed by atoms with van der Waals surface area (Å²) in [7, 11) is 0. The number of unbranched alkanes of at least 4 members (excludes halogenated alkanes) is 1. The maximum Gasteiger partial charge on any atom is 0.118 e. The third-order valence-corrected chi connectivity index (χ3v) is 8.95. The summed E-state index contributed by atoms with van der Waals surface area (Å²) < 4.78 is 6.06. The van der Waals surface area contributed by atoms with Crippen molar-refractivity contribution >= 4 is 5.69 Å². The van der Waals surface area contributed by atoms with Crippen molar-refractivity contribution in [3.05, 3.63) is 64.1 Å². The number of allylic oxidation sites excluding steroid dienone is 1. The van der Waals surface area contributed by atoms with Crippen LogP contribution in [0.25, 0.3) is 0 Å². The van der Waals surface area contributed by atoms with E-state index in [1.54, 1.807) is 5.57 Å². The van der Waals surface area contributed by atoms with Crippen LogP contribution < -0.4 is 10.2 Å². The van der Waals surface area contributed by atoms with Gasteiger partial charge in [-0.1, -0.05) is 37.6 Å². The van der Waals surface area contributed by atoms with Gasteiger partial charge in [-0.25, -0.2) is 0 Å². The zero-order valence-corrected chi connectivity index (χ0v) is 23.2. The summed E-state index contributed by atoms with van der Waals surface area (Å²) >= 11 is 0. The molecular weight excluding hydrogens is 470 g/mol. The number of nitrogens with one attached hydrogen (secondary N) is 1. The number of hydrogen-bond acceptors (Lipinski definition) is 6. The number of benzene rings is 1. The molecule has 4 saturated heterocycles. The molecule has 4 fully saturated rings. The summed E-state index contributed by atoms with van der Waals surface area (Å²) in [5, 5.41) is 13.3. The molecule has 38 heavy (non-hydrogen) atoms. The van der Waals surface area contributed by atoms with E-state index >= 15 is 0 Å². The van der Waals surface area contributed by atoms with Crippen molar-refractivity contribution in [1.29, 1.82) is 5.26 Å². The first-order valence-corrected chi connectivity index (χ1v) is 14.9. The number of fused-ring (bicyclic) bond motifs is 1. The lowest BCUT2D eigenvalue weighted by atomic mass is 9.84. The van der Waals surface area contributed by atoms with E-state index in [4.69, 9.17) is 4.74 Å². The summed E-state index contributed by atoms with van der Waals surface area (Å²) in [4.78, 5) is 7.87. The van der Waals surface area contributed by atoms with Crippen molar-refractivity contribution in [2.75, 3.05) is 50.8 Å². The lowest BCUT2D eigenvalue weighted by molar-refractivity contribution is 0.0740. The molecule has 6 rings (SSSR count). The topological polar surface area (TPSA) is 64.7 Å². The predicted octanol–water partition coefficient (Wildman–Crippen LogP) is 5.10. The van der Waals surface area contributed by atoms with Crippen LogP contribution in [0.3, 0.4) is 0 Å². The third-order valence-electron chi connectivity index (χ3n) is 8.95. The van der Waals surface area contributed by atoms with Gasteiger partial charge in [0.2, 0.25) is 0 Å². The van der Waals surface area contributed by atoms with E-state index in [2.05, 4.69) is 70.3 Å². The van der Waals surface area contributed by atoms with Crippen molar-refractivity contribution < 1.29 is 4.74 Å². The monoisotopic (exact) mass is 513 g/mol. The molecule has 0 saturated carbocycles. The molecule has 1 aromatic carbocycles. The van der Waals surface area contributed by atoms with Crippen molar-refractivity contribution in [2.24, 2.45) is 5.92 Å². The minimum atomic E-state index is 0.172. The normalized spacial score (nSPS) is 27.8. The van der Waals surface area contributed by atoms with Crippen LogP contribution in [-0.4, -0.2) is 67.8 Å². The summed E-state index contributed by atoms with van der Waals surface area (Å²) in [6.07, 6.45) is 10.4. The van der Waals surface area contributed by atoms with Gasteiger partial charge in [0.05, 0.1) is 17.9 Å². The molecule has 0 bridgehead atoms. The molecule has 6 heteroatoms. The predicted molar refractivity (Wildman–Crippen MR) is 152 cm³/mol. The molecule has 5 aliphatic rings. The largest absolute Gasteiger partial charge is 0.377 e. The van der Waals surface area contributed by atoms with Crippen LogP contribution in [0.15, 0.2) is 58.6 Å². The second-order valence-electron chi connectivity index (χ2n) is 11.7. The van der Waals surface area contributed by atoms with Gasteiger partial charge in [-0.3, -0.25) is 9.80 Å². The highest BCUT2D eigenvalue weighted by molar-refractivity contribution is 5.73. The van der Waals surface area contributed by atoms with Gasteiger partial charge >= 0.3 is 0 Å². The maximum atomic E-state index is 9.62. The van der Waals surface area contributed by atoms with Crippen LogP contribution in [0.1, 0.15) is 57.4 Å². The summed E-state index contributed by atoms with van der Waals surface area (Å²) in [6.45, 7) is 11.5. The number of piperidine rings is 2. The number of hydrogen-bond donors (Lipinski definition) is 1. The number of ether oxygens (including phenoxy) is 1. The molecule has 202 valence electrons. The highest BCUT2D eigenvalue weighted by Gasteiger charge is 2.43. The summed E-state index contributed by atoms with van der Waals surface area (Å²) in [5.74, 6) is 1.54. The fourth-order valence-electron chi connectivity index (χ4n) is 6.82. The van der Waals surface area contributed by atoms with E-state index < -0.39 is 0 Å². The van der Waals surface area contributed by atoms with Gasteiger partial charge in [-0.2, -0.15) is 5.26 Å². The van der Waals surface area contributed by atoms with Gasteiger partial charge < -0.3 is 15.0 Å². The summed E-state index contributed by atoms with van der Waals surface area (Å²) in [6, 6.07) is 11.9. The highest BCUT2D eigenvalue weighted by Crippen LogP contribution is 2.46. The van der Waals surface area contributed by atoms with Gasteiger partial charge in [-0.05, 0) is 68.2 Å². The van der Waals surface area contributed by atoms with Crippen LogP contribution in [0.4, 0.5) is 5.69 Å². The Balaban J connectivity index is 1.49. The first-order chi connectivity index (χ1) is 18.7.